The van der Waals surface area contributed by atoms with Crippen LogP contribution in [0, 0.1) is 29.6 Å². The number of fused-ring (bicyclic) bond motifs is 1. The van der Waals surface area contributed by atoms with E-state index in [0.29, 0.717) is 17.5 Å². The van der Waals surface area contributed by atoms with Gasteiger partial charge in [-0.1, -0.05) is 11.8 Å². The number of sulfone groups is 1. The second-order valence-corrected chi connectivity index (χ2v) is 10.7. The number of nitrogens with zero attached hydrogens (tertiary/aromatic N) is 3. The highest BCUT2D eigenvalue weighted by atomic mass is 32.2. The fraction of sp³-hybridized carbons (Fsp3) is 0.524. The van der Waals surface area contributed by atoms with E-state index < -0.39 is 20.5 Å². The largest absolute Gasteiger partial charge is 0.328 e. The molecule has 3 atom stereocenters. The van der Waals surface area contributed by atoms with Crippen molar-refractivity contribution in [3.63, 3.8) is 0 Å². The van der Waals surface area contributed by atoms with Crippen LogP contribution in [0.5, 0.6) is 0 Å². The van der Waals surface area contributed by atoms with Gasteiger partial charge < -0.3 is 9.80 Å². The van der Waals surface area contributed by atoms with Crippen molar-refractivity contribution in [1.29, 1.82) is 0 Å². The summed E-state index contributed by atoms with van der Waals surface area (Å²) in [6.45, 7) is 4.61. The Morgan fingerprint density at radius 2 is 2.10 bits per heavy atom. The molecule has 2 N–H and O–H groups in total. The molecule has 2 aliphatic rings. The van der Waals surface area contributed by atoms with E-state index in [9.17, 15) is 18.0 Å². The summed E-state index contributed by atoms with van der Waals surface area (Å²) in [4.78, 5) is 28.3. The number of likely N-dealkylation sites (tertiary alicyclic amines) is 1. The van der Waals surface area contributed by atoms with Crippen molar-refractivity contribution < 1.29 is 23.2 Å². The highest BCUT2D eigenvalue weighted by Crippen LogP contribution is 2.25. The molecule has 2 aliphatic heterocycles. The molecule has 0 saturated carbocycles. The fourth-order valence-electron chi connectivity index (χ4n) is 3.60. The minimum atomic E-state index is -3.82. The molecule has 166 valence electrons. The number of carbonyl (C=O) groups is 2. The van der Waals surface area contributed by atoms with Gasteiger partial charge in [0, 0.05) is 48.8 Å². The molecule has 9 nitrogen and oxygen atoms in total. The van der Waals surface area contributed by atoms with Gasteiger partial charge in [-0.2, -0.15) is 0 Å². The van der Waals surface area contributed by atoms with Crippen molar-refractivity contribution >= 4 is 21.8 Å². The maximum atomic E-state index is 12.7. The highest BCUT2D eigenvalue weighted by Gasteiger charge is 2.44. The van der Waals surface area contributed by atoms with Crippen LogP contribution >= 0.6 is 0 Å². The molecule has 0 unspecified atom stereocenters. The third-order valence-corrected chi connectivity index (χ3v) is 8.30. The zero-order chi connectivity index (χ0) is 23.0. The first-order valence-corrected chi connectivity index (χ1v) is 11.7. The van der Waals surface area contributed by atoms with Gasteiger partial charge in [0.1, 0.15) is 0 Å². The lowest BCUT2D eigenvalue weighted by atomic mass is 9.91. The van der Waals surface area contributed by atoms with Gasteiger partial charge >= 0.3 is 6.03 Å². The standard InChI is InChI=1S/C21H26N4O5S/c1-15-17(13-23(15)3)8-6-5-7-16-11-18-14-24(20(27)25(18)12-16)10-9-21(2,19(26)22-28)31(4,29)30/h11-12,15,17,28H,9-10,13-14H2,1-4H3,(H,22,26)/t15-,17+,21-/m1/s1. The normalized spacial score (nSPS) is 22.4. The molecular weight excluding hydrogens is 420 g/mol. The summed E-state index contributed by atoms with van der Waals surface area (Å²) in [7, 11) is -1.76. The lowest BCUT2D eigenvalue weighted by Crippen LogP contribution is -2.51. The predicted molar refractivity (Wildman–Crippen MR) is 114 cm³/mol. The molecule has 1 fully saturated rings. The molecule has 3 heterocycles. The smallest absolute Gasteiger partial charge is 0.318 e. The molecule has 2 amide bonds. The van der Waals surface area contributed by atoms with Crippen LogP contribution < -0.4 is 5.48 Å². The van der Waals surface area contributed by atoms with Gasteiger partial charge in [-0.25, -0.2) is 18.7 Å². The third kappa shape index (κ3) is 4.33. The second-order valence-electron chi connectivity index (χ2n) is 8.29. The summed E-state index contributed by atoms with van der Waals surface area (Å²) in [5, 5.41) is 8.90. The first-order valence-electron chi connectivity index (χ1n) is 9.84. The van der Waals surface area contributed by atoms with E-state index in [1.165, 1.54) is 21.9 Å². The molecule has 0 aromatic carbocycles. The number of aromatic nitrogens is 1. The Kier molecular flexibility index (Phi) is 6.19. The van der Waals surface area contributed by atoms with E-state index >= 15 is 0 Å². The fourth-order valence-corrected chi connectivity index (χ4v) is 4.44. The SMILES string of the molecule is C[C@@H]1[C@@H](C#CC#Cc2cc3n(c2)C(=O)N(CC[C@](C)(C(=O)NO)S(C)(=O)=O)C3)CN1C. The maximum Gasteiger partial charge on any atom is 0.328 e. The quantitative estimate of drug-likeness (QED) is 0.382. The van der Waals surface area contributed by atoms with Crippen LogP contribution in [0.15, 0.2) is 12.3 Å². The molecule has 1 aromatic heterocycles. The lowest BCUT2D eigenvalue weighted by molar-refractivity contribution is -0.131. The van der Waals surface area contributed by atoms with Gasteiger partial charge in [0.15, 0.2) is 14.6 Å². The summed E-state index contributed by atoms with van der Waals surface area (Å²) in [6, 6.07) is 1.91. The number of amides is 2. The second kappa shape index (κ2) is 8.39. The highest BCUT2D eigenvalue weighted by molar-refractivity contribution is 7.92. The van der Waals surface area contributed by atoms with E-state index in [2.05, 4.69) is 42.6 Å². The van der Waals surface area contributed by atoms with Crippen LogP contribution in [-0.2, 0) is 21.2 Å². The Labute approximate surface area is 182 Å². The minimum absolute atomic E-state index is 0.0397. The Balaban J connectivity index is 1.63. The van der Waals surface area contributed by atoms with E-state index in [4.69, 9.17) is 5.21 Å². The molecule has 0 aliphatic carbocycles. The van der Waals surface area contributed by atoms with Gasteiger partial charge in [-0.15, -0.1) is 0 Å². The van der Waals surface area contributed by atoms with Crippen LogP contribution in [0.1, 0.15) is 31.5 Å². The van der Waals surface area contributed by atoms with Crippen LogP contribution in [0.3, 0.4) is 0 Å². The number of hydrogen-bond acceptors (Lipinski definition) is 6. The van der Waals surface area contributed by atoms with Crippen molar-refractivity contribution in [2.45, 2.75) is 37.6 Å². The topological polar surface area (TPSA) is 112 Å². The molecule has 3 rings (SSSR count). The Morgan fingerprint density at radius 1 is 1.39 bits per heavy atom. The van der Waals surface area contributed by atoms with Gasteiger partial charge in [0.05, 0.1) is 6.54 Å². The minimum Gasteiger partial charge on any atom is -0.318 e. The molecule has 1 aromatic rings. The molecule has 31 heavy (non-hydrogen) atoms. The van der Waals surface area contributed by atoms with Crippen LogP contribution in [0.4, 0.5) is 4.79 Å². The third-order valence-electron chi connectivity index (χ3n) is 6.28. The van der Waals surface area contributed by atoms with Gasteiger partial charge in [0.2, 0.25) is 0 Å². The molecule has 0 radical (unpaired) electrons. The summed E-state index contributed by atoms with van der Waals surface area (Å²) in [6.07, 6.45) is 2.41. The van der Waals surface area contributed by atoms with Gasteiger partial charge in [0.25, 0.3) is 5.91 Å². The zero-order valence-corrected chi connectivity index (χ0v) is 18.8. The number of hydroxylamine groups is 1. The van der Waals surface area contributed by atoms with E-state index in [-0.39, 0.29) is 25.5 Å². The Morgan fingerprint density at radius 3 is 2.65 bits per heavy atom. The van der Waals surface area contributed by atoms with Crippen molar-refractivity contribution in [2.24, 2.45) is 5.92 Å². The van der Waals surface area contributed by atoms with E-state index in [0.717, 1.165) is 18.5 Å². The maximum absolute atomic E-state index is 12.7. The molecule has 0 spiro atoms. The van der Waals surface area contributed by atoms with Crippen LogP contribution in [-0.4, -0.2) is 77.1 Å². The summed E-state index contributed by atoms with van der Waals surface area (Å²) in [5.41, 5.74) is 2.81. The first kappa shape index (κ1) is 22.9. The molecule has 1 saturated heterocycles. The number of hydrogen-bond donors (Lipinski definition) is 2. The van der Waals surface area contributed by atoms with Crippen LogP contribution in [0.25, 0.3) is 0 Å². The van der Waals surface area contributed by atoms with Crippen molar-refractivity contribution in [2.75, 3.05) is 26.4 Å². The number of rotatable bonds is 5. The number of carbonyl (C=O) groups excluding carboxylic acids is 2. The molecular formula is C21H26N4O5S. The average Bonchev–Trinajstić information content (AvgIpc) is 3.25. The molecule has 10 heteroatoms. The predicted octanol–water partition coefficient (Wildman–Crippen LogP) is 0.276. The van der Waals surface area contributed by atoms with Gasteiger partial charge in [-0.3, -0.25) is 14.6 Å². The molecule has 0 bridgehead atoms. The Hall–Kier alpha value is -2.79. The van der Waals surface area contributed by atoms with Crippen LogP contribution in [0.2, 0.25) is 0 Å². The zero-order valence-electron chi connectivity index (χ0n) is 18.0. The van der Waals surface area contributed by atoms with Gasteiger partial charge in [-0.05, 0) is 45.2 Å². The summed E-state index contributed by atoms with van der Waals surface area (Å²) < 4.78 is 23.8. The first-order chi connectivity index (χ1) is 14.5. The van der Waals surface area contributed by atoms with Crippen molar-refractivity contribution in [3.05, 3.63) is 23.5 Å². The lowest BCUT2D eigenvalue weighted by Gasteiger charge is -2.40. The van der Waals surface area contributed by atoms with Crippen molar-refractivity contribution in [1.82, 2.24) is 19.8 Å². The monoisotopic (exact) mass is 446 g/mol. The van der Waals surface area contributed by atoms with E-state index in [1.807, 2.05) is 0 Å². The average molecular weight is 447 g/mol. The summed E-state index contributed by atoms with van der Waals surface area (Å²) >= 11 is 0. The Bertz CT molecular complexity index is 1130. The number of nitrogens with one attached hydrogen (secondary N) is 1. The van der Waals surface area contributed by atoms with Crippen molar-refractivity contribution in [3.8, 4) is 23.7 Å². The van der Waals surface area contributed by atoms with E-state index in [1.54, 1.807) is 12.3 Å². The summed E-state index contributed by atoms with van der Waals surface area (Å²) in [5.74, 6) is 11.1.